The number of nitrogens with zero attached hydrogens (tertiary/aromatic N) is 1. The molecule has 0 aliphatic rings. The molecular formula is C16H14BrNO2S. The highest BCUT2D eigenvalue weighted by atomic mass is 79.9. The zero-order chi connectivity index (χ0) is 15.1. The number of ether oxygens (including phenoxy) is 2. The summed E-state index contributed by atoms with van der Waals surface area (Å²) in [4.78, 5) is 4.28. The summed E-state index contributed by atoms with van der Waals surface area (Å²) in [6, 6.07) is 15.5. The van der Waals surface area contributed by atoms with Crippen LogP contribution in [0.4, 0.5) is 0 Å². The number of methoxy groups -OCH3 is 1. The van der Waals surface area contributed by atoms with Crippen LogP contribution < -0.4 is 4.74 Å². The third kappa shape index (κ3) is 4.48. The average molecular weight is 364 g/mol. The van der Waals surface area contributed by atoms with Crippen LogP contribution in [0.25, 0.3) is 0 Å². The first kappa shape index (κ1) is 15.9. The molecule has 21 heavy (non-hydrogen) atoms. The summed E-state index contributed by atoms with van der Waals surface area (Å²) in [6.07, 6.45) is 0. The Labute approximate surface area is 137 Å². The van der Waals surface area contributed by atoms with Crippen LogP contribution in [0.3, 0.4) is 0 Å². The lowest BCUT2D eigenvalue weighted by Gasteiger charge is -2.13. The van der Waals surface area contributed by atoms with Crippen molar-refractivity contribution in [1.29, 1.82) is 0 Å². The number of rotatable bonds is 6. The number of thiocarbonyl (C=S) groups is 1. The van der Waals surface area contributed by atoms with Crippen molar-refractivity contribution in [3.63, 3.8) is 0 Å². The Kier molecular flexibility index (Phi) is 6.08. The van der Waals surface area contributed by atoms with Crippen LogP contribution in [0, 0.1) is 0 Å². The monoisotopic (exact) mass is 363 g/mol. The molecule has 0 bridgehead atoms. The number of benzene rings is 2. The Balaban J connectivity index is 2.28. The van der Waals surface area contributed by atoms with Gasteiger partial charge in [-0.15, -0.1) is 0 Å². The van der Waals surface area contributed by atoms with E-state index in [1.807, 2.05) is 48.5 Å². The van der Waals surface area contributed by atoms with Gasteiger partial charge in [0.1, 0.15) is 11.8 Å². The van der Waals surface area contributed by atoms with Crippen molar-refractivity contribution in [1.82, 2.24) is 0 Å². The lowest BCUT2D eigenvalue weighted by Crippen LogP contribution is -2.00. The van der Waals surface area contributed by atoms with Gasteiger partial charge in [-0.3, -0.25) is 0 Å². The van der Waals surface area contributed by atoms with Crippen molar-refractivity contribution >= 4 is 33.3 Å². The highest BCUT2D eigenvalue weighted by molar-refractivity contribution is 9.10. The standard InChI is InChI=1S/C16H14BrNO2S/c1-19-11-20-15-7-5-12(6-8-15)16(18-10-21)13-3-2-4-14(17)9-13/h2-9,16H,11H2,1H3. The van der Waals surface area contributed by atoms with E-state index in [1.54, 1.807) is 7.11 Å². The second-order valence-electron chi connectivity index (χ2n) is 4.30. The molecule has 2 rings (SSSR count). The van der Waals surface area contributed by atoms with Gasteiger partial charge in [0.15, 0.2) is 6.79 Å². The topological polar surface area (TPSA) is 30.8 Å². The van der Waals surface area contributed by atoms with E-state index in [2.05, 4.69) is 26.1 Å². The first-order valence-electron chi connectivity index (χ1n) is 6.28. The Morgan fingerprint density at radius 1 is 1.19 bits per heavy atom. The van der Waals surface area contributed by atoms with Crippen LogP contribution in [0.15, 0.2) is 58.0 Å². The maximum absolute atomic E-state index is 5.38. The van der Waals surface area contributed by atoms with Crippen molar-refractivity contribution in [2.75, 3.05) is 13.9 Å². The normalized spacial score (nSPS) is 11.5. The Hall–Kier alpha value is -1.52. The Morgan fingerprint density at radius 3 is 2.57 bits per heavy atom. The van der Waals surface area contributed by atoms with Crippen LogP contribution in [0.1, 0.15) is 17.2 Å². The highest BCUT2D eigenvalue weighted by Gasteiger charge is 2.13. The van der Waals surface area contributed by atoms with Gasteiger partial charge in [-0.2, -0.15) is 0 Å². The molecule has 0 saturated carbocycles. The number of hydrogen-bond donors (Lipinski definition) is 0. The predicted molar refractivity (Wildman–Crippen MR) is 90.0 cm³/mol. The molecular weight excluding hydrogens is 350 g/mol. The minimum Gasteiger partial charge on any atom is -0.468 e. The van der Waals surface area contributed by atoms with E-state index in [4.69, 9.17) is 21.7 Å². The first-order valence-corrected chi connectivity index (χ1v) is 7.49. The maximum atomic E-state index is 5.38. The fraction of sp³-hybridized carbons (Fsp3) is 0.188. The molecule has 0 aliphatic heterocycles. The number of hydrogen-bond acceptors (Lipinski definition) is 4. The third-order valence-corrected chi connectivity index (χ3v) is 3.48. The molecule has 2 aromatic carbocycles. The minimum absolute atomic E-state index is 0.170. The van der Waals surface area contributed by atoms with E-state index in [1.165, 1.54) is 0 Å². The second kappa shape index (κ2) is 8.05. The molecule has 0 aliphatic carbocycles. The predicted octanol–water partition coefficient (Wildman–Crippen LogP) is 4.62. The van der Waals surface area contributed by atoms with Crippen LogP contribution in [-0.2, 0) is 4.74 Å². The van der Waals surface area contributed by atoms with Gasteiger partial charge in [0.2, 0.25) is 0 Å². The molecule has 0 aromatic heterocycles. The summed E-state index contributed by atoms with van der Waals surface area (Å²) in [6.45, 7) is 0.229. The first-order chi connectivity index (χ1) is 10.2. The molecule has 5 heteroatoms. The summed E-state index contributed by atoms with van der Waals surface area (Å²) in [7, 11) is 1.59. The van der Waals surface area contributed by atoms with Gasteiger partial charge in [-0.05, 0) is 47.6 Å². The molecule has 1 atom stereocenters. The zero-order valence-electron chi connectivity index (χ0n) is 11.5. The Bertz CT molecular complexity index is 639. The Morgan fingerprint density at radius 2 is 1.95 bits per heavy atom. The minimum atomic E-state index is -0.170. The van der Waals surface area contributed by atoms with Crippen LogP contribution in [0.5, 0.6) is 5.75 Å². The van der Waals surface area contributed by atoms with E-state index >= 15 is 0 Å². The quantitative estimate of drug-likeness (QED) is 0.426. The molecule has 0 amide bonds. The van der Waals surface area contributed by atoms with Crippen molar-refractivity contribution in [2.24, 2.45) is 4.99 Å². The lowest BCUT2D eigenvalue weighted by atomic mass is 9.99. The van der Waals surface area contributed by atoms with Crippen LogP contribution in [-0.4, -0.2) is 19.1 Å². The van der Waals surface area contributed by atoms with Gasteiger partial charge in [-0.1, -0.05) is 40.2 Å². The molecule has 0 spiro atoms. The van der Waals surface area contributed by atoms with Crippen molar-refractivity contribution in [3.05, 3.63) is 64.1 Å². The summed E-state index contributed by atoms with van der Waals surface area (Å²) in [5.41, 5.74) is 2.07. The highest BCUT2D eigenvalue weighted by Crippen LogP contribution is 2.29. The lowest BCUT2D eigenvalue weighted by molar-refractivity contribution is 0.0511. The molecule has 1 unspecified atom stereocenters. The zero-order valence-corrected chi connectivity index (χ0v) is 13.9. The number of halogens is 1. The third-order valence-electron chi connectivity index (χ3n) is 2.89. The fourth-order valence-electron chi connectivity index (χ4n) is 1.94. The largest absolute Gasteiger partial charge is 0.468 e. The molecule has 0 N–H and O–H groups in total. The van der Waals surface area contributed by atoms with Crippen molar-refractivity contribution in [3.8, 4) is 5.75 Å². The van der Waals surface area contributed by atoms with Crippen molar-refractivity contribution in [2.45, 2.75) is 6.04 Å². The summed E-state index contributed by atoms with van der Waals surface area (Å²) in [5.74, 6) is 0.750. The van der Waals surface area contributed by atoms with Crippen LogP contribution in [0.2, 0.25) is 0 Å². The molecule has 108 valence electrons. The molecule has 0 heterocycles. The smallest absolute Gasteiger partial charge is 0.188 e. The van der Waals surface area contributed by atoms with Crippen molar-refractivity contribution < 1.29 is 9.47 Å². The molecule has 0 radical (unpaired) electrons. The molecule has 3 nitrogen and oxygen atoms in total. The summed E-state index contributed by atoms with van der Waals surface area (Å²) < 4.78 is 11.3. The van der Waals surface area contributed by atoms with Gasteiger partial charge in [0, 0.05) is 11.6 Å². The number of aliphatic imine (C=N–C) groups is 1. The summed E-state index contributed by atoms with van der Waals surface area (Å²) >= 11 is 8.25. The second-order valence-corrected chi connectivity index (χ2v) is 5.40. The van der Waals surface area contributed by atoms with Crippen LogP contribution >= 0.6 is 28.1 Å². The van der Waals surface area contributed by atoms with Gasteiger partial charge in [0.05, 0.1) is 5.16 Å². The fourth-order valence-corrected chi connectivity index (χ4v) is 2.47. The average Bonchev–Trinajstić information content (AvgIpc) is 2.51. The van der Waals surface area contributed by atoms with E-state index in [0.29, 0.717) is 0 Å². The SMILES string of the molecule is COCOc1ccc(C(N=C=S)c2cccc(Br)c2)cc1. The van der Waals surface area contributed by atoms with E-state index in [9.17, 15) is 0 Å². The van der Waals surface area contributed by atoms with E-state index in [-0.39, 0.29) is 12.8 Å². The van der Waals surface area contributed by atoms with Gasteiger partial charge in [-0.25, -0.2) is 4.99 Å². The van der Waals surface area contributed by atoms with E-state index < -0.39 is 0 Å². The molecule has 0 fully saturated rings. The number of isothiocyanates is 1. The van der Waals surface area contributed by atoms with Gasteiger partial charge >= 0.3 is 0 Å². The molecule has 2 aromatic rings. The molecule has 0 saturated heterocycles. The van der Waals surface area contributed by atoms with Gasteiger partial charge < -0.3 is 9.47 Å². The maximum Gasteiger partial charge on any atom is 0.188 e. The van der Waals surface area contributed by atoms with Gasteiger partial charge in [0.25, 0.3) is 0 Å². The summed E-state index contributed by atoms with van der Waals surface area (Å²) in [5, 5.41) is 2.47. The van der Waals surface area contributed by atoms with E-state index in [0.717, 1.165) is 21.3 Å².